The van der Waals surface area contributed by atoms with Crippen LogP contribution in [0.25, 0.3) is 0 Å². The third kappa shape index (κ3) is 3.50. The molecule has 16 heavy (non-hydrogen) atoms. The van der Waals surface area contributed by atoms with Crippen molar-refractivity contribution in [1.29, 1.82) is 0 Å². The normalized spacial score (nSPS) is 28.7. The lowest BCUT2D eigenvalue weighted by molar-refractivity contribution is 0.282. The second-order valence-electron chi connectivity index (χ2n) is 6.24. The van der Waals surface area contributed by atoms with Gasteiger partial charge in [0.1, 0.15) is 0 Å². The lowest BCUT2D eigenvalue weighted by Gasteiger charge is -2.22. The molecule has 0 N–H and O–H groups in total. The smallest absolute Gasteiger partial charge is 0.0243 e. The van der Waals surface area contributed by atoms with E-state index in [1.165, 1.54) is 57.8 Å². The SMILES string of the molecule is CCCCCCC1(C(C)C)CC1CCCC. The first-order valence-corrected chi connectivity index (χ1v) is 7.67. The number of hydrogen-bond acceptors (Lipinski definition) is 0. The predicted molar refractivity (Wildman–Crippen MR) is 73.7 cm³/mol. The maximum absolute atomic E-state index is 2.45. The van der Waals surface area contributed by atoms with Gasteiger partial charge in [0.2, 0.25) is 0 Å². The fourth-order valence-corrected chi connectivity index (χ4v) is 3.42. The Morgan fingerprint density at radius 1 is 1.00 bits per heavy atom. The van der Waals surface area contributed by atoms with Gasteiger partial charge in [-0.05, 0) is 36.5 Å². The molecule has 0 aromatic rings. The molecule has 96 valence electrons. The summed E-state index contributed by atoms with van der Waals surface area (Å²) in [7, 11) is 0. The second kappa shape index (κ2) is 6.67. The Morgan fingerprint density at radius 3 is 2.25 bits per heavy atom. The molecular weight excluding hydrogens is 192 g/mol. The molecule has 0 aromatic heterocycles. The average Bonchev–Trinajstić information content (AvgIpc) is 2.97. The van der Waals surface area contributed by atoms with E-state index in [2.05, 4.69) is 27.7 Å². The lowest BCUT2D eigenvalue weighted by atomic mass is 9.83. The van der Waals surface area contributed by atoms with Crippen LogP contribution in [-0.4, -0.2) is 0 Å². The van der Waals surface area contributed by atoms with E-state index < -0.39 is 0 Å². The van der Waals surface area contributed by atoms with E-state index in [0.717, 1.165) is 17.3 Å². The maximum Gasteiger partial charge on any atom is -0.0243 e. The molecule has 0 nitrogen and oxygen atoms in total. The molecule has 0 spiro atoms. The standard InChI is InChI=1S/C16H32/c1-5-7-9-10-12-16(14(3)4)13-15(16)11-8-6-2/h14-15H,5-13H2,1-4H3. The van der Waals surface area contributed by atoms with E-state index in [1.807, 2.05) is 0 Å². The minimum Gasteiger partial charge on any atom is -0.0654 e. The van der Waals surface area contributed by atoms with Gasteiger partial charge in [-0.15, -0.1) is 0 Å². The Labute approximate surface area is 103 Å². The molecule has 0 heteroatoms. The van der Waals surface area contributed by atoms with Gasteiger partial charge in [-0.25, -0.2) is 0 Å². The van der Waals surface area contributed by atoms with Crippen LogP contribution >= 0.6 is 0 Å². The van der Waals surface area contributed by atoms with E-state index in [4.69, 9.17) is 0 Å². The Hall–Kier alpha value is 0. The van der Waals surface area contributed by atoms with Crippen molar-refractivity contribution in [2.45, 2.75) is 85.5 Å². The zero-order valence-corrected chi connectivity index (χ0v) is 12.0. The summed E-state index contributed by atoms with van der Waals surface area (Å²) in [6.45, 7) is 9.53. The molecule has 0 radical (unpaired) electrons. The zero-order valence-electron chi connectivity index (χ0n) is 12.0. The van der Waals surface area contributed by atoms with Gasteiger partial charge in [0.15, 0.2) is 0 Å². The topological polar surface area (TPSA) is 0 Å². The fraction of sp³-hybridized carbons (Fsp3) is 1.00. The van der Waals surface area contributed by atoms with Gasteiger partial charge in [0.05, 0.1) is 0 Å². The predicted octanol–water partition coefficient (Wildman–Crippen LogP) is 5.81. The first-order chi connectivity index (χ1) is 7.67. The molecule has 0 saturated heterocycles. The molecule has 1 aliphatic carbocycles. The van der Waals surface area contributed by atoms with Crippen molar-refractivity contribution in [3.05, 3.63) is 0 Å². The van der Waals surface area contributed by atoms with Gasteiger partial charge >= 0.3 is 0 Å². The van der Waals surface area contributed by atoms with E-state index in [0.29, 0.717) is 0 Å². The summed E-state index contributed by atoms with van der Waals surface area (Å²) in [6.07, 6.45) is 13.1. The summed E-state index contributed by atoms with van der Waals surface area (Å²) < 4.78 is 0. The summed E-state index contributed by atoms with van der Waals surface area (Å²) in [5.74, 6) is 1.99. The Bertz CT molecular complexity index is 182. The van der Waals surface area contributed by atoms with Gasteiger partial charge in [-0.3, -0.25) is 0 Å². The van der Waals surface area contributed by atoms with Crippen molar-refractivity contribution in [2.75, 3.05) is 0 Å². The van der Waals surface area contributed by atoms with E-state index in [-0.39, 0.29) is 0 Å². The largest absolute Gasteiger partial charge is 0.0654 e. The third-order valence-electron chi connectivity index (χ3n) is 4.83. The molecule has 0 heterocycles. The Morgan fingerprint density at radius 2 is 1.69 bits per heavy atom. The average molecular weight is 224 g/mol. The molecule has 0 amide bonds. The van der Waals surface area contributed by atoms with Crippen LogP contribution in [0.5, 0.6) is 0 Å². The number of rotatable bonds is 9. The van der Waals surface area contributed by atoms with E-state index >= 15 is 0 Å². The first kappa shape index (κ1) is 14.1. The van der Waals surface area contributed by atoms with Crippen molar-refractivity contribution < 1.29 is 0 Å². The van der Waals surface area contributed by atoms with Crippen molar-refractivity contribution >= 4 is 0 Å². The van der Waals surface area contributed by atoms with Crippen molar-refractivity contribution in [3.63, 3.8) is 0 Å². The molecule has 2 atom stereocenters. The van der Waals surface area contributed by atoms with Crippen LogP contribution in [0.15, 0.2) is 0 Å². The van der Waals surface area contributed by atoms with Crippen molar-refractivity contribution in [3.8, 4) is 0 Å². The summed E-state index contributed by atoms with van der Waals surface area (Å²) in [6, 6.07) is 0. The van der Waals surface area contributed by atoms with E-state index in [1.54, 1.807) is 0 Å². The fourth-order valence-electron chi connectivity index (χ4n) is 3.42. The van der Waals surface area contributed by atoms with Crippen LogP contribution in [0, 0.1) is 17.3 Å². The highest BCUT2D eigenvalue weighted by molar-refractivity contribution is 5.03. The van der Waals surface area contributed by atoms with Gasteiger partial charge in [0, 0.05) is 0 Å². The Balaban J connectivity index is 2.27. The highest BCUT2D eigenvalue weighted by Crippen LogP contribution is 2.62. The van der Waals surface area contributed by atoms with Crippen LogP contribution in [0.2, 0.25) is 0 Å². The molecule has 0 bridgehead atoms. The molecule has 1 saturated carbocycles. The summed E-state index contributed by atoms with van der Waals surface area (Å²) in [5.41, 5.74) is 0.767. The lowest BCUT2D eigenvalue weighted by Crippen LogP contribution is -2.13. The first-order valence-electron chi connectivity index (χ1n) is 7.67. The molecular formula is C16H32. The van der Waals surface area contributed by atoms with Gasteiger partial charge in [0.25, 0.3) is 0 Å². The summed E-state index contributed by atoms with van der Waals surface area (Å²) in [5, 5.41) is 0. The van der Waals surface area contributed by atoms with E-state index in [9.17, 15) is 0 Å². The quantitative estimate of drug-likeness (QED) is 0.434. The van der Waals surface area contributed by atoms with Crippen molar-refractivity contribution in [2.24, 2.45) is 17.3 Å². The van der Waals surface area contributed by atoms with Gasteiger partial charge < -0.3 is 0 Å². The highest BCUT2D eigenvalue weighted by Gasteiger charge is 2.53. The maximum atomic E-state index is 2.45. The third-order valence-corrected chi connectivity index (χ3v) is 4.83. The highest BCUT2D eigenvalue weighted by atomic mass is 14.6. The van der Waals surface area contributed by atoms with Crippen LogP contribution in [0.1, 0.15) is 85.5 Å². The minimum atomic E-state index is 0.767. The molecule has 1 rings (SSSR count). The zero-order chi connectivity index (χ0) is 12.0. The monoisotopic (exact) mass is 224 g/mol. The molecule has 0 aliphatic heterocycles. The Kier molecular flexibility index (Phi) is 5.86. The number of hydrogen-bond donors (Lipinski definition) is 0. The number of unbranched alkanes of at least 4 members (excludes halogenated alkanes) is 4. The van der Waals surface area contributed by atoms with Crippen LogP contribution in [0.3, 0.4) is 0 Å². The minimum absolute atomic E-state index is 0.767. The molecule has 1 fully saturated rings. The molecule has 0 aromatic carbocycles. The van der Waals surface area contributed by atoms with Crippen LogP contribution < -0.4 is 0 Å². The van der Waals surface area contributed by atoms with Gasteiger partial charge in [-0.1, -0.05) is 66.2 Å². The van der Waals surface area contributed by atoms with Crippen LogP contribution in [-0.2, 0) is 0 Å². The summed E-state index contributed by atoms with van der Waals surface area (Å²) >= 11 is 0. The van der Waals surface area contributed by atoms with Crippen molar-refractivity contribution in [1.82, 2.24) is 0 Å². The summed E-state index contributed by atoms with van der Waals surface area (Å²) in [4.78, 5) is 0. The van der Waals surface area contributed by atoms with Gasteiger partial charge in [-0.2, -0.15) is 0 Å². The molecule has 2 unspecified atom stereocenters. The molecule has 1 aliphatic rings. The second-order valence-corrected chi connectivity index (χ2v) is 6.24. The van der Waals surface area contributed by atoms with Crippen LogP contribution in [0.4, 0.5) is 0 Å².